The highest BCUT2D eigenvalue weighted by atomic mass is 35.5. The molecule has 1 unspecified atom stereocenters. The monoisotopic (exact) mass is 291 g/mol. The molecule has 0 aromatic heterocycles. The Morgan fingerprint density at radius 2 is 2.17 bits per heavy atom. The standard InChI is InChI=1S/C12H19ClNO3P/c1-4-5-7-10-8-6-9-11(12(10)13)14(2)18(15,16)17-3/h6,8-9H,4-5,7H2,1-3H3,(H,15,16). The number of nitrogens with zero attached hydrogens (tertiary/aromatic N) is 1. The fourth-order valence-electron chi connectivity index (χ4n) is 1.64. The van der Waals surface area contributed by atoms with Crippen LogP contribution in [0.5, 0.6) is 0 Å². The van der Waals surface area contributed by atoms with Gasteiger partial charge in [-0.15, -0.1) is 0 Å². The van der Waals surface area contributed by atoms with Crippen LogP contribution in [0.3, 0.4) is 0 Å². The molecule has 0 aliphatic carbocycles. The molecule has 0 aliphatic rings. The highest BCUT2D eigenvalue weighted by Crippen LogP contribution is 2.49. The lowest BCUT2D eigenvalue weighted by atomic mass is 10.1. The van der Waals surface area contributed by atoms with Crippen LogP contribution >= 0.6 is 19.3 Å². The van der Waals surface area contributed by atoms with Crippen molar-refractivity contribution < 1.29 is 14.0 Å². The molecule has 0 bridgehead atoms. The highest BCUT2D eigenvalue weighted by Gasteiger charge is 2.27. The van der Waals surface area contributed by atoms with Gasteiger partial charge in [0.1, 0.15) is 0 Å². The molecule has 1 N–H and O–H groups in total. The van der Waals surface area contributed by atoms with Gasteiger partial charge in [-0.3, -0.25) is 9.19 Å². The third-order valence-electron chi connectivity index (χ3n) is 2.82. The molecule has 1 aromatic rings. The van der Waals surface area contributed by atoms with E-state index < -0.39 is 7.75 Å². The lowest BCUT2D eigenvalue weighted by Gasteiger charge is -2.24. The lowest BCUT2D eigenvalue weighted by Crippen LogP contribution is -2.15. The van der Waals surface area contributed by atoms with Gasteiger partial charge in [-0.05, 0) is 24.5 Å². The molecule has 0 saturated carbocycles. The Kier molecular flexibility index (Phi) is 5.67. The number of unbranched alkanes of at least 4 members (excludes halogenated alkanes) is 1. The minimum absolute atomic E-state index is 0.512. The van der Waals surface area contributed by atoms with Crippen LogP contribution in [-0.4, -0.2) is 19.1 Å². The molecule has 1 rings (SSSR count). The van der Waals surface area contributed by atoms with E-state index in [0.717, 1.165) is 24.8 Å². The molecule has 6 heteroatoms. The number of aryl methyl sites for hydroxylation is 1. The van der Waals surface area contributed by atoms with Crippen molar-refractivity contribution in [1.29, 1.82) is 0 Å². The van der Waals surface area contributed by atoms with Crippen LogP contribution < -0.4 is 4.67 Å². The molecule has 4 nitrogen and oxygen atoms in total. The van der Waals surface area contributed by atoms with Crippen LogP contribution in [0.4, 0.5) is 5.69 Å². The van der Waals surface area contributed by atoms with Gasteiger partial charge in [-0.25, -0.2) is 4.57 Å². The Hall–Kier alpha value is -0.540. The zero-order valence-electron chi connectivity index (χ0n) is 10.9. The van der Waals surface area contributed by atoms with E-state index in [0.29, 0.717) is 10.7 Å². The van der Waals surface area contributed by atoms with Crippen molar-refractivity contribution in [3.05, 3.63) is 28.8 Å². The van der Waals surface area contributed by atoms with Gasteiger partial charge in [0.2, 0.25) is 0 Å². The summed E-state index contributed by atoms with van der Waals surface area (Å²) >= 11 is 6.27. The molecule has 1 aromatic carbocycles. The predicted molar refractivity (Wildman–Crippen MR) is 75.3 cm³/mol. The van der Waals surface area contributed by atoms with Gasteiger partial charge in [0, 0.05) is 14.2 Å². The van der Waals surface area contributed by atoms with Crippen LogP contribution in [0.1, 0.15) is 25.3 Å². The molecule has 0 fully saturated rings. The fourth-order valence-corrected chi connectivity index (χ4v) is 2.73. The fraction of sp³-hybridized carbons (Fsp3) is 0.500. The number of hydrogen-bond donors (Lipinski definition) is 1. The van der Waals surface area contributed by atoms with Gasteiger partial charge >= 0.3 is 7.75 Å². The molecule has 0 radical (unpaired) electrons. The van der Waals surface area contributed by atoms with E-state index in [1.807, 2.05) is 12.1 Å². The van der Waals surface area contributed by atoms with Crippen molar-refractivity contribution in [2.24, 2.45) is 0 Å². The van der Waals surface area contributed by atoms with E-state index >= 15 is 0 Å². The molecular weight excluding hydrogens is 273 g/mol. The first kappa shape index (κ1) is 15.5. The van der Waals surface area contributed by atoms with Gasteiger partial charge < -0.3 is 4.89 Å². The smallest absolute Gasteiger partial charge is 0.308 e. The maximum absolute atomic E-state index is 11.8. The summed E-state index contributed by atoms with van der Waals surface area (Å²) < 4.78 is 17.6. The second kappa shape index (κ2) is 6.58. The van der Waals surface area contributed by atoms with Gasteiger partial charge in [-0.1, -0.05) is 37.1 Å². The summed E-state index contributed by atoms with van der Waals surface area (Å²) in [5.41, 5.74) is 1.50. The van der Waals surface area contributed by atoms with Crippen LogP contribution in [0, 0.1) is 0 Å². The minimum atomic E-state index is -3.81. The van der Waals surface area contributed by atoms with Crippen molar-refractivity contribution in [3.63, 3.8) is 0 Å². The number of halogens is 1. The summed E-state index contributed by atoms with van der Waals surface area (Å²) in [6.45, 7) is 2.11. The Morgan fingerprint density at radius 3 is 2.72 bits per heavy atom. The zero-order chi connectivity index (χ0) is 13.8. The molecule has 0 heterocycles. The first-order valence-corrected chi connectivity index (χ1v) is 7.75. The summed E-state index contributed by atoms with van der Waals surface area (Å²) in [4.78, 5) is 9.64. The number of benzene rings is 1. The summed E-state index contributed by atoms with van der Waals surface area (Å²) in [7, 11) is -1.11. The third kappa shape index (κ3) is 3.48. The van der Waals surface area contributed by atoms with Crippen molar-refractivity contribution in [2.45, 2.75) is 26.2 Å². The van der Waals surface area contributed by atoms with Crippen molar-refractivity contribution in [1.82, 2.24) is 0 Å². The first-order chi connectivity index (χ1) is 8.44. The third-order valence-corrected chi connectivity index (χ3v) is 4.71. The average Bonchev–Trinajstić information content (AvgIpc) is 2.36. The van der Waals surface area contributed by atoms with E-state index in [-0.39, 0.29) is 0 Å². The number of rotatable bonds is 6. The SMILES string of the molecule is CCCCc1cccc(N(C)P(=O)(O)OC)c1Cl. The second-order valence-electron chi connectivity index (χ2n) is 4.05. The Balaban J connectivity index is 3.07. The largest absolute Gasteiger partial charge is 0.432 e. The molecule has 0 amide bonds. The van der Waals surface area contributed by atoms with Crippen LogP contribution in [0.25, 0.3) is 0 Å². The van der Waals surface area contributed by atoms with Gasteiger partial charge in [0.15, 0.2) is 0 Å². The van der Waals surface area contributed by atoms with Crippen molar-refractivity contribution in [2.75, 3.05) is 18.8 Å². The Bertz CT molecular complexity index is 453. The van der Waals surface area contributed by atoms with Gasteiger partial charge in [-0.2, -0.15) is 0 Å². The molecule has 0 aliphatic heterocycles. The van der Waals surface area contributed by atoms with E-state index in [1.165, 1.54) is 18.8 Å². The molecule has 0 spiro atoms. The molecule has 102 valence electrons. The molecule has 18 heavy (non-hydrogen) atoms. The van der Waals surface area contributed by atoms with Crippen molar-refractivity contribution in [3.8, 4) is 0 Å². The summed E-state index contributed by atoms with van der Waals surface area (Å²) in [6.07, 6.45) is 2.97. The van der Waals surface area contributed by atoms with Gasteiger partial charge in [0.05, 0.1) is 10.7 Å². The lowest BCUT2D eigenvalue weighted by molar-refractivity contribution is 0.314. The number of hydrogen-bond acceptors (Lipinski definition) is 2. The quantitative estimate of drug-likeness (QED) is 0.809. The Labute approximate surface area is 113 Å². The van der Waals surface area contributed by atoms with E-state index in [1.54, 1.807) is 6.07 Å². The topological polar surface area (TPSA) is 49.8 Å². The molecular formula is C12H19ClNO3P. The maximum Gasteiger partial charge on any atom is 0.432 e. The van der Waals surface area contributed by atoms with E-state index in [2.05, 4.69) is 11.4 Å². The van der Waals surface area contributed by atoms with Gasteiger partial charge in [0.25, 0.3) is 0 Å². The molecule has 0 saturated heterocycles. The maximum atomic E-state index is 11.8. The minimum Gasteiger partial charge on any atom is -0.308 e. The first-order valence-electron chi connectivity index (χ1n) is 5.84. The summed E-state index contributed by atoms with van der Waals surface area (Å²) in [5.74, 6) is 0. The van der Waals surface area contributed by atoms with E-state index in [4.69, 9.17) is 11.6 Å². The molecule has 1 atom stereocenters. The Morgan fingerprint density at radius 1 is 1.50 bits per heavy atom. The average molecular weight is 292 g/mol. The normalized spacial score (nSPS) is 14.3. The van der Waals surface area contributed by atoms with E-state index in [9.17, 15) is 9.46 Å². The second-order valence-corrected chi connectivity index (χ2v) is 6.37. The highest BCUT2D eigenvalue weighted by molar-refractivity contribution is 7.54. The van der Waals surface area contributed by atoms with Crippen LogP contribution in [0.2, 0.25) is 5.02 Å². The summed E-state index contributed by atoms with van der Waals surface area (Å²) in [6, 6.07) is 5.47. The van der Waals surface area contributed by atoms with Crippen LogP contribution in [0.15, 0.2) is 18.2 Å². The number of anilines is 1. The summed E-state index contributed by atoms with van der Waals surface area (Å²) in [5, 5.41) is 0.514. The van der Waals surface area contributed by atoms with Crippen molar-refractivity contribution >= 4 is 25.0 Å². The van der Waals surface area contributed by atoms with Crippen LogP contribution in [-0.2, 0) is 15.5 Å². The predicted octanol–water partition coefficient (Wildman–Crippen LogP) is 3.87. The zero-order valence-corrected chi connectivity index (χ0v) is 12.5.